The molecule has 26 heavy (non-hydrogen) atoms. The summed E-state index contributed by atoms with van der Waals surface area (Å²) in [6, 6.07) is 13.2. The summed E-state index contributed by atoms with van der Waals surface area (Å²) in [5, 5.41) is 11.5. The molecule has 0 aliphatic heterocycles. The van der Waals surface area contributed by atoms with E-state index in [1.165, 1.54) is 17.8 Å². The maximum Gasteiger partial charge on any atom is 0.341 e. The average molecular weight is 377 g/mol. The molecule has 0 heterocycles. The Kier molecular flexibility index (Phi) is 7.47. The number of nitrogens with one attached hydrogen (secondary N) is 1. The van der Waals surface area contributed by atoms with Crippen LogP contribution in [0, 0.1) is 5.82 Å². The van der Waals surface area contributed by atoms with Crippen molar-refractivity contribution in [1.82, 2.24) is 5.32 Å². The zero-order chi connectivity index (χ0) is 18.9. The van der Waals surface area contributed by atoms with Crippen LogP contribution in [0.1, 0.15) is 24.9 Å². The predicted molar refractivity (Wildman–Crippen MR) is 97.9 cm³/mol. The SMILES string of the molecule is CC(NC(=O)CCSc1ccccc1F)c1ccc(OCC(=O)O)cc1. The third kappa shape index (κ3) is 6.40. The van der Waals surface area contributed by atoms with Gasteiger partial charge in [0.15, 0.2) is 6.61 Å². The van der Waals surface area contributed by atoms with Crippen molar-refractivity contribution in [2.24, 2.45) is 0 Å². The van der Waals surface area contributed by atoms with E-state index in [1.807, 2.05) is 6.92 Å². The summed E-state index contributed by atoms with van der Waals surface area (Å²) in [6.45, 7) is 1.46. The summed E-state index contributed by atoms with van der Waals surface area (Å²) in [4.78, 5) is 23.0. The number of benzene rings is 2. The fourth-order valence-electron chi connectivity index (χ4n) is 2.21. The van der Waals surface area contributed by atoms with Gasteiger partial charge in [0.25, 0.3) is 0 Å². The van der Waals surface area contributed by atoms with E-state index in [0.29, 0.717) is 16.4 Å². The minimum absolute atomic E-state index is 0.118. The van der Waals surface area contributed by atoms with Gasteiger partial charge in [0, 0.05) is 17.1 Å². The van der Waals surface area contributed by atoms with E-state index in [9.17, 15) is 14.0 Å². The molecular weight excluding hydrogens is 357 g/mol. The normalized spacial score (nSPS) is 11.6. The Morgan fingerprint density at radius 2 is 1.88 bits per heavy atom. The van der Waals surface area contributed by atoms with Crippen LogP contribution in [0.25, 0.3) is 0 Å². The van der Waals surface area contributed by atoms with Crippen molar-refractivity contribution in [3.8, 4) is 5.75 Å². The minimum Gasteiger partial charge on any atom is -0.482 e. The van der Waals surface area contributed by atoms with Gasteiger partial charge in [-0.3, -0.25) is 4.79 Å². The van der Waals surface area contributed by atoms with E-state index in [0.717, 1.165) is 5.56 Å². The van der Waals surface area contributed by atoms with Gasteiger partial charge in [-0.05, 0) is 36.8 Å². The molecule has 2 aromatic rings. The number of rotatable bonds is 9. The fraction of sp³-hybridized carbons (Fsp3) is 0.263. The molecule has 2 N–H and O–H groups in total. The Balaban J connectivity index is 1.77. The van der Waals surface area contributed by atoms with Gasteiger partial charge in [-0.15, -0.1) is 11.8 Å². The van der Waals surface area contributed by atoms with Gasteiger partial charge in [-0.25, -0.2) is 9.18 Å². The highest BCUT2D eigenvalue weighted by atomic mass is 32.2. The van der Waals surface area contributed by atoms with E-state index in [1.54, 1.807) is 42.5 Å². The first-order chi connectivity index (χ1) is 12.5. The Bertz CT molecular complexity index is 751. The zero-order valence-electron chi connectivity index (χ0n) is 14.3. The van der Waals surface area contributed by atoms with Crippen LogP contribution in [0.15, 0.2) is 53.4 Å². The van der Waals surface area contributed by atoms with Gasteiger partial charge in [-0.2, -0.15) is 0 Å². The number of amides is 1. The molecule has 0 fully saturated rings. The molecule has 0 aliphatic rings. The molecule has 2 rings (SSSR count). The van der Waals surface area contributed by atoms with Gasteiger partial charge in [0.1, 0.15) is 11.6 Å². The second-order valence-electron chi connectivity index (χ2n) is 5.57. The topological polar surface area (TPSA) is 75.6 Å². The van der Waals surface area contributed by atoms with Gasteiger partial charge in [0.05, 0.1) is 6.04 Å². The summed E-state index contributed by atoms with van der Waals surface area (Å²) in [7, 11) is 0. The van der Waals surface area contributed by atoms with Crippen LogP contribution in [0.2, 0.25) is 0 Å². The van der Waals surface area contributed by atoms with Crippen molar-refractivity contribution in [3.05, 3.63) is 59.9 Å². The predicted octanol–water partition coefficient (Wildman–Crippen LogP) is 3.65. The third-order valence-electron chi connectivity index (χ3n) is 3.54. The summed E-state index contributed by atoms with van der Waals surface area (Å²) in [5.74, 6) is -0.496. The average Bonchev–Trinajstić information content (AvgIpc) is 2.62. The third-order valence-corrected chi connectivity index (χ3v) is 4.59. The lowest BCUT2D eigenvalue weighted by atomic mass is 10.1. The second-order valence-corrected chi connectivity index (χ2v) is 6.71. The van der Waals surface area contributed by atoms with Crippen molar-refractivity contribution in [2.45, 2.75) is 24.3 Å². The number of hydrogen-bond acceptors (Lipinski definition) is 4. The minimum atomic E-state index is -1.04. The number of ether oxygens (including phenoxy) is 1. The number of halogens is 1. The standard InChI is InChI=1S/C19H20FNO4S/c1-13(14-6-8-15(9-7-14)25-12-19(23)24)21-18(22)10-11-26-17-5-3-2-4-16(17)20/h2-9,13H,10-12H2,1H3,(H,21,22)(H,23,24). The van der Waals surface area contributed by atoms with Crippen LogP contribution < -0.4 is 10.1 Å². The molecule has 0 saturated carbocycles. The molecule has 0 radical (unpaired) electrons. The number of thioether (sulfide) groups is 1. The smallest absolute Gasteiger partial charge is 0.341 e. The number of aliphatic carboxylic acids is 1. The number of hydrogen-bond donors (Lipinski definition) is 2. The first-order valence-electron chi connectivity index (χ1n) is 8.07. The van der Waals surface area contributed by atoms with Crippen molar-refractivity contribution < 1.29 is 23.8 Å². The Hall–Kier alpha value is -2.54. The van der Waals surface area contributed by atoms with Crippen molar-refractivity contribution in [1.29, 1.82) is 0 Å². The number of carboxylic acid groups (broad SMARTS) is 1. The lowest BCUT2D eigenvalue weighted by molar-refractivity contribution is -0.139. The molecule has 2 aromatic carbocycles. The summed E-state index contributed by atoms with van der Waals surface area (Å²) in [5.41, 5.74) is 0.878. The van der Waals surface area contributed by atoms with Crippen LogP contribution >= 0.6 is 11.8 Å². The van der Waals surface area contributed by atoms with Crippen LogP contribution in [0.5, 0.6) is 5.75 Å². The summed E-state index contributed by atoms with van der Waals surface area (Å²) >= 11 is 1.31. The van der Waals surface area contributed by atoms with E-state index < -0.39 is 12.6 Å². The highest BCUT2D eigenvalue weighted by Crippen LogP contribution is 2.22. The highest BCUT2D eigenvalue weighted by Gasteiger charge is 2.11. The largest absolute Gasteiger partial charge is 0.482 e. The lowest BCUT2D eigenvalue weighted by Gasteiger charge is -2.15. The molecule has 0 aromatic heterocycles. The molecule has 0 bridgehead atoms. The highest BCUT2D eigenvalue weighted by molar-refractivity contribution is 7.99. The van der Waals surface area contributed by atoms with E-state index in [2.05, 4.69) is 5.32 Å². The fourth-order valence-corrected chi connectivity index (χ4v) is 3.10. The van der Waals surface area contributed by atoms with Gasteiger partial charge in [-0.1, -0.05) is 24.3 Å². The molecular formula is C19H20FNO4S. The van der Waals surface area contributed by atoms with Gasteiger partial charge in [0.2, 0.25) is 5.91 Å². The monoisotopic (exact) mass is 377 g/mol. The molecule has 1 unspecified atom stereocenters. The van der Waals surface area contributed by atoms with Crippen LogP contribution in [-0.4, -0.2) is 29.3 Å². The quantitative estimate of drug-likeness (QED) is 0.653. The Morgan fingerprint density at radius 3 is 2.54 bits per heavy atom. The first kappa shape index (κ1) is 19.8. The first-order valence-corrected chi connectivity index (χ1v) is 9.05. The number of carboxylic acids is 1. The van der Waals surface area contributed by atoms with Crippen LogP contribution in [0.4, 0.5) is 4.39 Å². The number of carbonyl (C=O) groups excluding carboxylic acids is 1. The second kappa shape index (κ2) is 9.82. The maximum atomic E-state index is 13.5. The molecule has 0 spiro atoms. The van der Waals surface area contributed by atoms with Crippen molar-refractivity contribution >= 4 is 23.6 Å². The number of carbonyl (C=O) groups is 2. The van der Waals surface area contributed by atoms with Gasteiger partial charge < -0.3 is 15.2 Å². The molecule has 1 atom stereocenters. The summed E-state index contributed by atoms with van der Waals surface area (Å²) < 4.78 is 18.6. The van der Waals surface area contributed by atoms with Crippen molar-refractivity contribution in [3.63, 3.8) is 0 Å². The Labute approximate surface area is 155 Å². The summed E-state index contributed by atoms with van der Waals surface area (Å²) in [6.07, 6.45) is 0.281. The molecule has 1 amide bonds. The molecule has 138 valence electrons. The molecule has 7 heteroatoms. The van der Waals surface area contributed by atoms with E-state index in [-0.39, 0.29) is 24.2 Å². The van der Waals surface area contributed by atoms with Gasteiger partial charge >= 0.3 is 5.97 Å². The van der Waals surface area contributed by atoms with E-state index >= 15 is 0 Å². The van der Waals surface area contributed by atoms with Crippen LogP contribution in [0.3, 0.4) is 0 Å². The molecule has 0 aliphatic carbocycles. The zero-order valence-corrected chi connectivity index (χ0v) is 15.1. The van der Waals surface area contributed by atoms with E-state index in [4.69, 9.17) is 9.84 Å². The molecule has 5 nitrogen and oxygen atoms in total. The van der Waals surface area contributed by atoms with Crippen LogP contribution in [-0.2, 0) is 9.59 Å². The van der Waals surface area contributed by atoms with Crippen molar-refractivity contribution in [2.75, 3.05) is 12.4 Å². The maximum absolute atomic E-state index is 13.5. The Morgan fingerprint density at radius 1 is 1.19 bits per heavy atom. The molecule has 0 saturated heterocycles. The lowest BCUT2D eigenvalue weighted by Crippen LogP contribution is -2.26.